The number of amidine groups is 1. The van der Waals surface area contributed by atoms with E-state index in [0.717, 1.165) is 22.6 Å². The van der Waals surface area contributed by atoms with Gasteiger partial charge in [0.25, 0.3) is 5.91 Å². The number of benzene rings is 3. The van der Waals surface area contributed by atoms with Crippen LogP contribution >= 0.6 is 23.4 Å². The van der Waals surface area contributed by atoms with Gasteiger partial charge < -0.3 is 4.74 Å². The summed E-state index contributed by atoms with van der Waals surface area (Å²) >= 11 is 7.53. The van der Waals surface area contributed by atoms with Gasteiger partial charge >= 0.3 is 0 Å². The molecule has 4 aromatic rings. The lowest BCUT2D eigenvalue weighted by Gasteiger charge is -2.15. The molecular formula is C29H22ClN3O2S. The number of halogens is 1. The Bertz CT molecular complexity index is 1440. The molecule has 1 amide bonds. The lowest BCUT2D eigenvalue weighted by molar-refractivity contribution is -0.113. The highest BCUT2D eigenvalue weighted by atomic mass is 35.5. The summed E-state index contributed by atoms with van der Waals surface area (Å²) in [6.07, 6.45) is 3.47. The molecule has 1 aromatic heterocycles. The topological polar surface area (TPSA) is 54.8 Å². The molecule has 7 heteroatoms. The van der Waals surface area contributed by atoms with Crippen LogP contribution in [0.2, 0.25) is 5.15 Å². The predicted molar refractivity (Wildman–Crippen MR) is 148 cm³/mol. The van der Waals surface area contributed by atoms with Gasteiger partial charge in [0, 0.05) is 6.20 Å². The van der Waals surface area contributed by atoms with E-state index in [4.69, 9.17) is 16.3 Å². The molecule has 1 aliphatic heterocycles. The number of amides is 1. The summed E-state index contributed by atoms with van der Waals surface area (Å²) in [5.74, 6) is 0.618. The number of anilines is 1. The first-order chi connectivity index (χ1) is 17.6. The summed E-state index contributed by atoms with van der Waals surface area (Å²) in [6, 6.07) is 28.9. The Kier molecular flexibility index (Phi) is 7.16. The maximum Gasteiger partial charge on any atom is 0.271 e. The highest BCUT2D eigenvalue weighted by Gasteiger charge is 2.34. The van der Waals surface area contributed by atoms with Crippen molar-refractivity contribution in [3.8, 4) is 5.75 Å². The van der Waals surface area contributed by atoms with Crippen molar-refractivity contribution in [2.45, 2.75) is 13.5 Å². The van der Waals surface area contributed by atoms with Gasteiger partial charge in [0.2, 0.25) is 0 Å². The first-order valence-electron chi connectivity index (χ1n) is 11.3. The Labute approximate surface area is 219 Å². The highest BCUT2D eigenvalue weighted by molar-refractivity contribution is 8.19. The third-order valence-corrected chi connectivity index (χ3v) is 6.74. The van der Waals surface area contributed by atoms with E-state index >= 15 is 0 Å². The first kappa shape index (κ1) is 23.9. The molecule has 2 heterocycles. The van der Waals surface area contributed by atoms with Crippen LogP contribution in [-0.2, 0) is 11.4 Å². The van der Waals surface area contributed by atoms with E-state index in [9.17, 15) is 4.79 Å². The van der Waals surface area contributed by atoms with Gasteiger partial charge in [-0.1, -0.05) is 71.8 Å². The molecule has 0 atom stereocenters. The zero-order chi connectivity index (χ0) is 24.9. The third kappa shape index (κ3) is 5.51. The average molecular weight is 512 g/mol. The number of carbonyl (C=O) groups is 1. The van der Waals surface area contributed by atoms with Gasteiger partial charge in [-0.25, -0.2) is 9.98 Å². The maximum absolute atomic E-state index is 13.4. The minimum Gasteiger partial charge on any atom is -0.489 e. The van der Waals surface area contributed by atoms with Crippen molar-refractivity contribution in [2.75, 3.05) is 4.90 Å². The molecule has 0 unspecified atom stereocenters. The average Bonchev–Trinajstić information content (AvgIpc) is 3.20. The zero-order valence-corrected chi connectivity index (χ0v) is 21.0. The van der Waals surface area contributed by atoms with Crippen LogP contribution in [0.25, 0.3) is 6.08 Å². The summed E-state index contributed by atoms with van der Waals surface area (Å²) in [7, 11) is 0. The number of aryl methyl sites for hydroxylation is 1. The Morgan fingerprint density at radius 1 is 0.972 bits per heavy atom. The van der Waals surface area contributed by atoms with E-state index < -0.39 is 0 Å². The van der Waals surface area contributed by atoms with E-state index in [0.29, 0.717) is 22.4 Å². The first-order valence-corrected chi connectivity index (χ1v) is 12.5. The summed E-state index contributed by atoms with van der Waals surface area (Å²) in [5.41, 5.74) is 4.46. The Hall–Kier alpha value is -3.87. The molecule has 0 spiro atoms. The molecule has 0 saturated carbocycles. The Balaban J connectivity index is 1.38. The van der Waals surface area contributed by atoms with Crippen LogP contribution in [-0.4, -0.2) is 16.1 Å². The SMILES string of the molecule is Cc1ccc(COc2ccc(/C=C3\SC(=Nc4cccnc4Cl)N(c4ccccc4)C3=O)cc2)cc1. The predicted octanol–water partition coefficient (Wildman–Crippen LogP) is 7.43. The number of carbonyl (C=O) groups excluding carboxylic acids is 1. The fourth-order valence-electron chi connectivity index (χ4n) is 3.58. The minimum absolute atomic E-state index is 0.148. The normalized spacial score (nSPS) is 15.6. The molecule has 1 fully saturated rings. The van der Waals surface area contributed by atoms with Crippen LogP contribution < -0.4 is 9.64 Å². The van der Waals surface area contributed by atoms with E-state index in [2.05, 4.69) is 41.2 Å². The zero-order valence-electron chi connectivity index (χ0n) is 19.5. The number of thioether (sulfide) groups is 1. The smallest absolute Gasteiger partial charge is 0.271 e. The maximum atomic E-state index is 13.4. The molecule has 5 nitrogen and oxygen atoms in total. The van der Waals surface area contributed by atoms with E-state index in [1.54, 1.807) is 23.2 Å². The van der Waals surface area contributed by atoms with Gasteiger partial charge in [-0.3, -0.25) is 9.69 Å². The molecule has 5 rings (SSSR count). The number of hydrogen-bond acceptors (Lipinski definition) is 5. The molecule has 36 heavy (non-hydrogen) atoms. The van der Waals surface area contributed by atoms with Crippen molar-refractivity contribution in [3.63, 3.8) is 0 Å². The van der Waals surface area contributed by atoms with Crippen LogP contribution in [0, 0.1) is 6.92 Å². The Morgan fingerprint density at radius 3 is 2.44 bits per heavy atom. The molecule has 1 aliphatic rings. The van der Waals surface area contributed by atoms with Gasteiger partial charge in [0.15, 0.2) is 10.3 Å². The molecule has 0 radical (unpaired) electrons. The fourth-order valence-corrected chi connectivity index (χ4v) is 4.74. The van der Waals surface area contributed by atoms with Crippen LogP contribution in [0.1, 0.15) is 16.7 Å². The highest BCUT2D eigenvalue weighted by Crippen LogP contribution is 2.38. The summed E-state index contributed by atoms with van der Waals surface area (Å²) in [4.78, 5) is 24.3. The van der Waals surface area contributed by atoms with Crippen LogP contribution in [0.15, 0.2) is 107 Å². The largest absolute Gasteiger partial charge is 0.489 e. The lowest BCUT2D eigenvalue weighted by atomic mass is 10.1. The number of aromatic nitrogens is 1. The van der Waals surface area contributed by atoms with E-state index in [-0.39, 0.29) is 11.1 Å². The van der Waals surface area contributed by atoms with Crippen LogP contribution in [0.3, 0.4) is 0 Å². The Morgan fingerprint density at radius 2 is 1.72 bits per heavy atom. The molecule has 0 N–H and O–H groups in total. The van der Waals surface area contributed by atoms with Crippen LogP contribution in [0.5, 0.6) is 5.75 Å². The van der Waals surface area contributed by atoms with Crippen molar-refractivity contribution < 1.29 is 9.53 Å². The van der Waals surface area contributed by atoms with Crippen molar-refractivity contribution in [2.24, 2.45) is 4.99 Å². The molecular weight excluding hydrogens is 490 g/mol. The van der Waals surface area contributed by atoms with Gasteiger partial charge in [-0.15, -0.1) is 0 Å². The number of para-hydroxylation sites is 1. The summed E-state index contributed by atoms with van der Waals surface area (Å²) in [6.45, 7) is 2.56. The quantitative estimate of drug-likeness (QED) is 0.199. The summed E-state index contributed by atoms with van der Waals surface area (Å²) < 4.78 is 5.91. The molecule has 1 saturated heterocycles. The monoisotopic (exact) mass is 511 g/mol. The molecule has 0 aliphatic carbocycles. The number of rotatable bonds is 6. The van der Waals surface area contributed by atoms with Crippen molar-refractivity contribution >= 4 is 51.9 Å². The molecule has 178 valence electrons. The van der Waals surface area contributed by atoms with E-state index in [1.807, 2.05) is 60.7 Å². The fraction of sp³-hybridized carbons (Fsp3) is 0.0690. The van der Waals surface area contributed by atoms with Gasteiger partial charge in [-0.05, 0) is 72.3 Å². The molecule has 0 bridgehead atoms. The number of ether oxygens (including phenoxy) is 1. The number of nitrogens with zero attached hydrogens (tertiary/aromatic N) is 3. The van der Waals surface area contributed by atoms with Crippen molar-refractivity contribution in [3.05, 3.63) is 124 Å². The second-order valence-electron chi connectivity index (χ2n) is 8.14. The number of pyridine rings is 1. The third-order valence-electron chi connectivity index (χ3n) is 5.48. The minimum atomic E-state index is -0.148. The van der Waals surface area contributed by atoms with Crippen molar-refractivity contribution in [1.29, 1.82) is 0 Å². The van der Waals surface area contributed by atoms with Crippen molar-refractivity contribution in [1.82, 2.24) is 4.98 Å². The lowest BCUT2D eigenvalue weighted by Crippen LogP contribution is -2.28. The van der Waals surface area contributed by atoms with Crippen LogP contribution in [0.4, 0.5) is 11.4 Å². The van der Waals surface area contributed by atoms with Gasteiger partial charge in [-0.2, -0.15) is 0 Å². The second kappa shape index (κ2) is 10.8. The number of aliphatic imine (C=N–C) groups is 1. The second-order valence-corrected chi connectivity index (χ2v) is 9.50. The standard InChI is InChI=1S/C29H22ClN3O2S/c1-20-9-11-22(12-10-20)19-35-24-15-13-21(14-16-24)18-26-28(34)33(23-6-3-2-4-7-23)29(36-26)32-25-8-5-17-31-27(25)30/h2-18H,19H2,1H3/b26-18-,32-29?. The van der Waals surface area contributed by atoms with E-state index in [1.165, 1.54) is 17.3 Å². The molecule has 3 aromatic carbocycles. The van der Waals surface area contributed by atoms with Gasteiger partial charge in [0.05, 0.1) is 10.6 Å². The number of hydrogen-bond donors (Lipinski definition) is 0. The summed E-state index contributed by atoms with van der Waals surface area (Å²) in [5, 5.41) is 0.801. The van der Waals surface area contributed by atoms with Gasteiger partial charge in [0.1, 0.15) is 18.0 Å².